The van der Waals surface area contributed by atoms with Gasteiger partial charge in [-0.25, -0.2) is 8.42 Å². The molecule has 9 nitrogen and oxygen atoms in total. The predicted molar refractivity (Wildman–Crippen MR) is 147 cm³/mol. The lowest BCUT2D eigenvalue weighted by Crippen LogP contribution is -2.51. The Morgan fingerprint density at radius 3 is 2.03 bits per heavy atom. The van der Waals surface area contributed by atoms with Crippen LogP contribution in [0, 0.1) is 0 Å². The van der Waals surface area contributed by atoms with Crippen molar-refractivity contribution in [2.75, 3.05) is 30.8 Å². The van der Waals surface area contributed by atoms with Gasteiger partial charge < -0.3 is 19.7 Å². The molecule has 3 rings (SSSR count). The van der Waals surface area contributed by atoms with E-state index in [-0.39, 0.29) is 12.5 Å². The second-order valence-electron chi connectivity index (χ2n) is 8.62. The van der Waals surface area contributed by atoms with Gasteiger partial charge in [0.1, 0.15) is 29.8 Å². The number of nitrogens with one attached hydrogen (secondary N) is 1. The first-order valence-corrected chi connectivity index (χ1v) is 14.0. The zero-order valence-corrected chi connectivity index (χ0v) is 22.8. The van der Waals surface area contributed by atoms with Crippen molar-refractivity contribution in [2.24, 2.45) is 0 Å². The van der Waals surface area contributed by atoms with Crippen LogP contribution in [-0.4, -0.2) is 57.6 Å². The molecule has 1 atom stereocenters. The monoisotopic (exact) mass is 539 g/mol. The molecule has 0 aliphatic rings. The van der Waals surface area contributed by atoms with Crippen molar-refractivity contribution in [1.82, 2.24) is 10.2 Å². The molecule has 0 saturated heterocycles. The highest BCUT2D eigenvalue weighted by molar-refractivity contribution is 7.92. The van der Waals surface area contributed by atoms with Crippen molar-refractivity contribution in [3.8, 4) is 17.2 Å². The average Bonchev–Trinajstić information content (AvgIpc) is 2.91. The lowest BCUT2D eigenvalue weighted by Gasteiger charge is -2.31. The molecule has 38 heavy (non-hydrogen) atoms. The molecular formula is C28H33N3O6S. The first-order chi connectivity index (χ1) is 18.1. The zero-order chi connectivity index (χ0) is 27.7. The molecule has 3 aromatic rings. The Morgan fingerprint density at radius 2 is 1.47 bits per heavy atom. The molecule has 0 radical (unpaired) electrons. The minimum atomic E-state index is -3.83. The highest BCUT2D eigenvalue weighted by Gasteiger charge is 2.30. The van der Waals surface area contributed by atoms with Gasteiger partial charge in [-0.1, -0.05) is 30.3 Å². The Bertz CT molecular complexity index is 1310. The lowest BCUT2D eigenvalue weighted by molar-refractivity contribution is -0.139. The van der Waals surface area contributed by atoms with Crippen molar-refractivity contribution in [1.29, 1.82) is 0 Å². The number of hydrogen-bond acceptors (Lipinski definition) is 6. The quantitative estimate of drug-likeness (QED) is 0.375. The van der Waals surface area contributed by atoms with Crippen LogP contribution in [0.25, 0.3) is 0 Å². The van der Waals surface area contributed by atoms with Crippen LogP contribution >= 0.6 is 0 Å². The predicted octanol–water partition coefficient (Wildman–Crippen LogP) is 3.81. The maximum Gasteiger partial charge on any atom is 0.244 e. The average molecular weight is 540 g/mol. The Hall–Kier alpha value is -4.05. The van der Waals surface area contributed by atoms with Crippen LogP contribution < -0.4 is 19.1 Å². The van der Waals surface area contributed by atoms with Gasteiger partial charge in [-0.2, -0.15) is 0 Å². The molecule has 202 valence electrons. The second-order valence-corrected chi connectivity index (χ2v) is 10.5. The summed E-state index contributed by atoms with van der Waals surface area (Å²) in [4.78, 5) is 27.6. The molecule has 0 heterocycles. The standard InChI is InChI=1S/C28H33N3O6S/c1-5-29-28(33)21(2)30(19-22-11-15-24(36-3)16-12-22)27(32)20-31(38(4,34)35)23-13-17-26(18-14-23)37-25-9-7-6-8-10-25/h6-18,21H,5,19-20H2,1-4H3,(H,29,33)/t21-/m1/s1. The van der Waals surface area contributed by atoms with E-state index in [1.54, 1.807) is 69.5 Å². The van der Waals surface area contributed by atoms with Gasteiger partial charge in [-0.05, 0) is 67.9 Å². The van der Waals surface area contributed by atoms with E-state index < -0.39 is 28.5 Å². The van der Waals surface area contributed by atoms with Gasteiger partial charge in [-0.3, -0.25) is 13.9 Å². The molecule has 10 heteroatoms. The summed E-state index contributed by atoms with van der Waals surface area (Å²) in [6.07, 6.45) is 1.04. The van der Waals surface area contributed by atoms with Crippen LogP contribution in [0.3, 0.4) is 0 Å². The lowest BCUT2D eigenvalue weighted by atomic mass is 10.1. The smallest absolute Gasteiger partial charge is 0.244 e. The number of para-hydroxylation sites is 1. The minimum absolute atomic E-state index is 0.114. The van der Waals surface area contributed by atoms with Crippen LogP contribution in [-0.2, 0) is 26.2 Å². The number of carbonyl (C=O) groups excluding carboxylic acids is 2. The van der Waals surface area contributed by atoms with Gasteiger partial charge in [0, 0.05) is 13.1 Å². The molecule has 0 fully saturated rings. The van der Waals surface area contributed by atoms with Gasteiger partial charge in [0.25, 0.3) is 0 Å². The van der Waals surface area contributed by atoms with E-state index in [1.807, 2.05) is 30.3 Å². The van der Waals surface area contributed by atoms with E-state index in [1.165, 1.54) is 4.90 Å². The summed E-state index contributed by atoms with van der Waals surface area (Å²) in [5.41, 5.74) is 1.07. The molecular weight excluding hydrogens is 506 g/mol. The van der Waals surface area contributed by atoms with E-state index in [2.05, 4.69) is 5.32 Å². The van der Waals surface area contributed by atoms with Gasteiger partial charge in [-0.15, -0.1) is 0 Å². The normalized spacial score (nSPS) is 11.8. The van der Waals surface area contributed by atoms with E-state index in [9.17, 15) is 18.0 Å². The largest absolute Gasteiger partial charge is 0.497 e. The maximum absolute atomic E-state index is 13.5. The number of anilines is 1. The van der Waals surface area contributed by atoms with Crippen LogP contribution in [0.1, 0.15) is 19.4 Å². The Balaban J connectivity index is 1.85. The molecule has 0 aliphatic carbocycles. The number of ether oxygens (including phenoxy) is 2. The first-order valence-electron chi connectivity index (χ1n) is 12.1. The molecule has 0 aromatic heterocycles. The third kappa shape index (κ3) is 7.72. The highest BCUT2D eigenvalue weighted by Crippen LogP contribution is 2.26. The molecule has 1 N–H and O–H groups in total. The number of sulfonamides is 1. The van der Waals surface area contributed by atoms with Gasteiger partial charge in [0.15, 0.2) is 0 Å². The summed E-state index contributed by atoms with van der Waals surface area (Å²) in [6, 6.07) is 21.9. The van der Waals surface area contributed by atoms with E-state index >= 15 is 0 Å². The Kier molecular flexibility index (Phi) is 9.72. The number of rotatable bonds is 12. The number of hydrogen-bond donors (Lipinski definition) is 1. The summed E-state index contributed by atoms with van der Waals surface area (Å²) in [5, 5.41) is 2.73. The number of carbonyl (C=O) groups is 2. The van der Waals surface area contributed by atoms with E-state index in [0.717, 1.165) is 16.1 Å². The second kappa shape index (κ2) is 13.0. The summed E-state index contributed by atoms with van der Waals surface area (Å²) < 4.78 is 37.5. The zero-order valence-electron chi connectivity index (χ0n) is 22.0. The van der Waals surface area contributed by atoms with Crippen LogP contribution in [0.2, 0.25) is 0 Å². The summed E-state index contributed by atoms with van der Waals surface area (Å²) in [5.74, 6) is 0.971. The van der Waals surface area contributed by atoms with Crippen LogP contribution in [0.5, 0.6) is 17.2 Å². The third-order valence-electron chi connectivity index (χ3n) is 5.81. The topological polar surface area (TPSA) is 105 Å². The summed E-state index contributed by atoms with van der Waals surface area (Å²) in [6.45, 7) is 3.45. The molecule has 3 aromatic carbocycles. The molecule has 0 aliphatic heterocycles. The first kappa shape index (κ1) is 28.5. The van der Waals surface area contributed by atoms with Crippen LogP contribution in [0.4, 0.5) is 5.69 Å². The fourth-order valence-electron chi connectivity index (χ4n) is 3.75. The summed E-state index contributed by atoms with van der Waals surface area (Å²) >= 11 is 0. The minimum Gasteiger partial charge on any atom is -0.497 e. The molecule has 0 saturated carbocycles. The SMILES string of the molecule is CCNC(=O)[C@@H](C)N(Cc1ccc(OC)cc1)C(=O)CN(c1ccc(Oc2ccccc2)cc1)S(C)(=O)=O. The van der Waals surface area contributed by atoms with E-state index in [0.29, 0.717) is 29.5 Å². The molecule has 0 bridgehead atoms. The molecule has 2 amide bonds. The van der Waals surface area contributed by atoms with Crippen LogP contribution in [0.15, 0.2) is 78.9 Å². The van der Waals surface area contributed by atoms with E-state index in [4.69, 9.17) is 9.47 Å². The van der Waals surface area contributed by atoms with Crippen molar-refractivity contribution < 1.29 is 27.5 Å². The third-order valence-corrected chi connectivity index (χ3v) is 6.95. The number of nitrogens with zero attached hydrogens (tertiary/aromatic N) is 2. The maximum atomic E-state index is 13.5. The molecule has 0 unspecified atom stereocenters. The van der Waals surface area contributed by atoms with Gasteiger partial charge in [0.05, 0.1) is 19.1 Å². The van der Waals surface area contributed by atoms with Crippen molar-refractivity contribution in [2.45, 2.75) is 26.4 Å². The van der Waals surface area contributed by atoms with Crippen molar-refractivity contribution in [3.05, 3.63) is 84.4 Å². The molecule has 0 spiro atoms. The van der Waals surface area contributed by atoms with Gasteiger partial charge in [0.2, 0.25) is 21.8 Å². The van der Waals surface area contributed by atoms with Crippen molar-refractivity contribution in [3.63, 3.8) is 0 Å². The number of methoxy groups -OCH3 is 1. The fraction of sp³-hybridized carbons (Fsp3) is 0.286. The Morgan fingerprint density at radius 1 is 0.895 bits per heavy atom. The number of likely N-dealkylation sites (N-methyl/N-ethyl adjacent to an activating group) is 1. The highest BCUT2D eigenvalue weighted by atomic mass is 32.2. The summed E-state index contributed by atoms with van der Waals surface area (Å²) in [7, 11) is -2.27. The van der Waals surface area contributed by atoms with Crippen molar-refractivity contribution >= 4 is 27.5 Å². The Labute approximate surface area is 224 Å². The number of amides is 2. The fourth-order valence-corrected chi connectivity index (χ4v) is 4.60. The van der Waals surface area contributed by atoms with Gasteiger partial charge >= 0.3 is 0 Å². The number of benzene rings is 3.